The molecule has 0 atom stereocenters. The molecule has 1 aromatic heterocycles. The van der Waals surface area contributed by atoms with Crippen LogP contribution in [0.1, 0.15) is 23.1 Å². The first kappa shape index (κ1) is 11.6. The van der Waals surface area contributed by atoms with E-state index in [0.29, 0.717) is 12.2 Å². The summed E-state index contributed by atoms with van der Waals surface area (Å²) in [5.41, 5.74) is -0.394. The third-order valence-corrected chi connectivity index (χ3v) is 2.72. The van der Waals surface area contributed by atoms with Crippen LogP contribution in [-0.2, 0) is 16.3 Å². The molecule has 6 nitrogen and oxygen atoms in total. The second kappa shape index (κ2) is 3.93. The van der Waals surface area contributed by atoms with Crippen molar-refractivity contribution < 1.29 is 18.3 Å². The van der Waals surface area contributed by atoms with E-state index in [-0.39, 0.29) is 0 Å². The molecule has 7 heteroatoms. The first-order chi connectivity index (χ1) is 6.86. The molecule has 0 bridgehead atoms. The van der Waals surface area contributed by atoms with E-state index in [2.05, 4.69) is 9.97 Å². The maximum atomic E-state index is 11.3. The quantitative estimate of drug-likeness (QED) is 0.742. The van der Waals surface area contributed by atoms with E-state index in [4.69, 9.17) is 5.11 Å². The van der Waals surface area contributed by atoms with Crippen LogP contribution < -0.4 is 0 Å². The molecule has 0 amide bonds. The highest BCUT2D eigenvalue weighted by atomic mass is 32.2. The zero-order valence-electron chi connectivity index (χ0n) is 8.26. The third-order valence-electron chi connectivity index (χ3n) is 1.70. The van der Waals surface area contributed by atoms with Crippen LogP contribution in [0.4, 0.5) is 0 Å². The molecule has 0 spiro atoms. The monoisotopic (exact) mass is 230 g/mol. The van der Waals surface area contributed by atoms with Gasteiger partial charge in [0.05, 0.1) is 0 Å². The second-order valence-electron chi connectivity index (χ2n) is 2.94. The van der Waals surface area contributed by atoms with Gasteiger partial charge in [-0.25, -0.2) is 23.2 Å². The lowest BCUT2D eigenvalue weighted by Crippen LogP contribution is -2.12. The Bertz CT molecular complexity index is 495. The average molecular weight is 230 g/mol. The number of nitrogens with zero attached hydrogens (tertiary/aromatic N) is 2. The third kappa shape index (κ3) is 2.50. The van der Waals surface area contributed by atoms with E-state index in [1.54, 1.807) is 6.92 Å². The van der Waals surface area contributed by atoms with Gasteiger partial charge in [-0.05, 0) is 0 Å². The predicted molar refractivity (Wildman–Crippen MR) is 51.5 cm³/mol. The highest BCUT2D eigenvalue weighted by Crippen LogP contribution is 2.12. The lowest BCUT2D eigenvalue weighted by molar-refractivity contribution is 0.0691. The lowest BCUT2D eigenvalue weighted by atomic mass is 10.3. The smallest absolute Gasteiger partial charge is 0.340 e. The van der Waals surface area contributed by atoms with Gasteiger partial charge in [0, 0.05) is 18.9 Å². The van der Waals surface area contributed by atoms with Crippen molar-refractivity contribution in [1.82, 2.24) is 9.97 Å². The molecule has 1 aromatic rings. The molecule has 0 aliphatic rings. The van der Waals surface area contributed by atoms with E-state index in [0.717, 1.165) is 12.5 Å². The van der Waals surface area contributed by atoms with Gasteiger partial charge in [0.2, 0.25) is 0 Å². The van der Waals surface area contributed by atoms with Gasteiger partial charge in [0.1, 0.15) is 11.4 Å². The Morgan fingerprint density at radius 2 is 2.13 bits per heavy atom. The minimum Gasteiger partial charge on any atom is -0.478 e. The van der Waals surface area contributed by atoms with E-state index < -0.39 is 26.4 Å². The minimum atomic E-state index is -3.64. The largest absolute Gasteiger partial charge is 0.478 e. The van der Waals surface area contributed by atoms with Gasteiger partial charge in [-0.15, -0.1) is 0 Å². The Hall–Kier alpha value is -1.50. The van der Waals surface area contributed by atoms with Crippen LogP contribution in [0.2, 0.25) is 0 Å². The fourth-order valence-corrected chi connectivity index (χ4v) is 1.81. The van der Waals surface area contributed by atoms with Crippen molar-refractivity contribution in [3.63, 3.8) is 0 Å². The lowest BCUT2D eigenvalue weighted by Gasteiger charge is -2.03. The molecule has 15 heavy (non-hydrogen) atoms. The van der Waals surface area contributed by atoms with Crippen LogP contribution in [0.25, 0.3) is 0 Å². The molecule has 0 unspecified atom stereocenters. The normalized spacial score (nSPS) is 11.3. The van der Waals surface area contributed by atoms with E-state index in [9.17, 15) is 13.2 Å². The molecule has 0 aromatic carbocycles. The Morgan fingerprint density at radius 1 is 1.53 bits per heavy atom. The molecule has 1 rings (SSSR count). The highest BCUT2D eigenvalue weighted by molar-refractivity contribution is 7.90. The van der Waals surface area contributed by atoms with Crippen LogP contribution in [0.15, 0.2) is 11.2 Å². The topological polar surface area (TPSA) is 97.2 Å². The summed E-state index contributed by atoms with van der Waals surface area (Å²) in [4.78, 5) is 18.2. The molecular formula is C8H10N2O4S. The number of carboxylic acid groups (broad SMARTS) is 1. The van der Waals surface area contributed by atoms with E-state index in [1.807, 2.05) is 0 Å². The number of carboxylic acids is 1. The molecule has 1 N–H and O–H groups in total. The molecule has 0 saturated carbocycles. The number of carbonyl (C=O) groups is 1. The highest BCUT2D eigenvalue weighted by Gasteiger charge is 2.21. The fourth-order valence-electron chi connectivity index (χ4n) is 1.00. The van der Waals surface area contributed by atoms with Crippen LogP contribution in [0.5, 0.6) is 0 Å². The molecule has 0 aliphatic carbocycles. The number of hydrogen-bond donors (Lipinski definition) is 1. The van der Waals surface area contributed by atoms with Crippen LogP contribution in [0, 0.1) is 0 Å². The van der Waals surface area contributed by atoms with E-state index >= 15 is 0 Å². The van der Waals surface area contributed by atoms with E-state index in [1.165, 1.54) is 0 Å². The van der Waals surface area contributed by atoms with Crippen molar-refractivity contribution in [2.45, 2.75) is 18.4 Å². The average Bonchev–Trinajstić information content (AvgIpc) is 2.15. The number of rotatable bonds is 3. The summed E-state index contributed by atoms with van der Waals surface area (Å²) in [6.45, 7) is 1.75. The molecule has 0 radical (unpaired) electrons. The summed E-state index contributed by atoms with van der Waals surface area (Å²) in [5.74, 6) is -1.04. The van der Waals surface area contributed by atoms with Crippen molar-refractivity contribution >= 4 is 15.8 Å². The number of aromatic nitrogens is 2. The Morgan fingerprint density at radius 3 is 2.53 bits per heavy atom. The summed E-state index contributed by atoms with van der Waals surface area (Å²) in [5, 5.41) is 8.32. The number of hydrogen-bond acceptors (Lipinski definition) is 5. The van der Waals surface area contributed by atoms with Crippen LogP contribution in [0.3, 0.4) is 0 Å². The van der Waals surface area contributed by atoms with Crippen molar-refractivity contribution in [3.05, 3.63) is 17.6 Å². The summed E-state index contributed by atoms with van der Waals surface area (Å²) in [6, 6.07) is 0. The summed E-state index contributed by atoms with van der Waals surface area (Å²) in [7, 11) is -3.64. The maximum absolute atomic E-state index is 11.3. The summed E-state index contributed by atoms with van der Waals surface area (Å²) >= 11 is 0. The van der Waals surface area contributed by atoms with Crippen LogP contribution in [-0.4, -0.2) is 35.7 Å². The number of aromatic carboxylic acids is 1. The zero-order valence-corrected chi connectivity index (χ0v) is 9.08. The Kier molecular flexibility index (Phi) is 3.04. The Labute approximate surface area is 86.9 Å². The van der Waals surface area contributed by atoms with Crippen molar-refractivity contribution in [3.8, 4) is 0 Å². The van der Waals surface area contributed by atoms with Gasteiger partial charge >= 0.3 is 5.97 Å². The van der Waals surface area contributed by atoms with Gasteiger partial charge in [-0.2, -0.15) is 0 Å². The first-order valence-electron chi connectivity index (χ1n) is 4.15. The maximum Gasteiger partial charge on any atom is 0.340 e. The van der Waals surface area contributed by atoms with Gasteiger partial charge in [0.15, 0.2) is 14.9 Å². The molecule has 0 fully saturated rings. The fraction of sp³-hybridized carbons (Fsp3) is 0.375. The molecular weight excluding hydrogens is 220 g/mol. The van der Waals surface area contributed by atoms with Crippen molar-refractivity contribution in [1.29, 1.82) is 0 Å². The molecule has 0 aliphatic heterocycles. The molecule has 82 valence electrons. The van der Waals surface area contributed by atoms with Crippen LogP contribution >= 0.6 is 0 Å². The number of sulfone groups is 1. The van der Waals surface area contributed by atoms with Gasteiger partial charge in [-0.1, -0.05) is 6.92 Å². The van der Waals surface area contributed by atoms with Gasteiger partial charge in [-0.3, -0.25) is 0 Å². The predicted octanol–water partition coefficient (Wildman–Crippen LogP) is 0.141. The standard InChI is InChI=1S/C8H10N2O4S/c1-3-6-9-4-5(8(11)12)7(10-6)15(2,13)14/h4H,3H2,1-2H3,(H,11,12). The van der Waals surface area contributed by atoms with Gasteiger partial charge < -0.3 is 5.11 Å². The molecule has 1 heterocycles. The van der Waals surface area contributed by atoms with Gasteiger partial charge in [0.25, 0.3) is 0 Å². The first-order valence-corrected chi connectivity index (χ1v) is 6.04. The SMILES string of the molecule is CCc1ncc(C(=O)O)c(S(C)(=O)=O)n1. The summed E-state index contributed by atoms with van der Waals surface area (Å²) in [6.07, 6.45) is 2.38. The zero-order chi connectivity index (χ0) is 11.6. The minimum absolute atomic E-state index is 0.306. The van der Waals surface area contributed by atoms with Crippen molar-refractivity contribution in [2.24, 2.45) is 0 Å². The number of aryl methyl sites for hydroxylation is 1. The summed E-state index contributed by atoms with van der Waals surface area (Å²) < 4.78 is 22.5. The Balaban J connectivity index is 3.50. The second-order valence-corrected chi connectivity index (χ2v) is 4.87. The molecule has 0 saturated heterocycles. The van der Waals surface area contributed by atoms with Crippen molar-refractivity contribution in [2.75, 3.05) is 6.26 Å².